The van der Waals surface area contributed by atoms with Crippen LogP contribution in [0.15, 0.2) is 6.07 Å². The summed E-state index contributed by atoms with van der Waals surface area (Å²) in [7, 11) is 0. The second kappa shape index (κ2) is 4.84. The number of anilines is 2. The van der Waals surface area contributed by atoms with Crippen LogP contribution in [0.4, 0.5) is 11.8 Å². The molecule has 1 fully saturated rings. The lowest BCUT2D eigenvalue weighted by Crippen LogP contribution is -2.36. The van der Waals surface area contributed by atoms with E-state index >= 15 is 0 Å². The average molecular weight is 243 g/mol. The molecule has 1 aromatic heterocycles. The van der Waals surface area contributed by atoms with Crippen LogP contribution in [-0.2, 0) is 0 Å². The first-order valence-electron chi connectivity index (χ1n) is 5.40. The van der Waals surface area contributed by atoms with Crippen molar-refractivity contribution in [3.05, 3.63) is 11.2 Å². The van der Waals surface area contributed by atoms with Gasteiger partial charge in [0.25, 0.3) is 0 Å². The smallest absolute Gasteiger partial charge is 0.223 e. The Labute approximate surface area is 99.0 Å². The zero-order chi connectivity index (χ0) is 11.5. The SMILES string of the molecule is Nc1nc(Cl)cc(N[C@H]2CCCC[C@@H]2O)n1. The summed E-state index contributed by atoms with van der Waals surface area (Å²) >= 11 is 5.77. The Morgan fingerprint density at radius 3 is 2.81 bits per heavy atom. The van der Waals surface area contributed by atoms with Crippen molar-refractivity contribution in [2.75, 3.05) is 11.1 Å². The Bertz CT molecular complexity index is 354. The third-order valence-corrected chi connectivity index (χ3v) is 2.97. The molecule has 0 saturated heterocycles. The number of nitrogen functional groups attached to an aromatic ring is 1. The van der Waals surface area contributed by atoms with Crippen LogP contribution in [0.5, 0.6) is 0 Å². The molecule has 2 rings (SSSR count). The van der Waals surface area contributed by atoms with Crippen LogP contribution >= 0.6 is 11.6 Å². The molecule has 1 aliphatic carbocycles. The van der Waals surface area contributed by atoms with E-state index in [0.717, 1.165) is 25.7 Å². The Morgan fingerprint density at radius 2 is 2.12 bits per heavy atom. The molecule has 1 aromatic rings. The highest BCUT2D eigenvalue weighted by Gasteiger charge is 2.23. The molecule has 5 nitrogen and oxygen atoms in total. The number of rotatable bonds is 2. The van der Waals surface area contributed by atoms with E-state index in [9.17, 15) is 5.11 Å². The van der Waals surface area contributed by atoms with Crippen molar-refractivity contribution in [3.8, 4) is 0 Å². The predicted octanol–water partition coefficient (Wildman–Crippen LogP) is 1.43. The van der Waals surface area contributed by atoms with E-state index in [1.165, 1.54) is 0 Å². The number of aliphatic hydroxyl groups is 1. The summed E-state index contributed by atoms with van der Waals surface area (Å²) in [4.78, 5) is 7.80. The minimum atomic E-state index is -0.330. The third kappa shape index (κ3) is 2.74. The molecule has 0 bridgehead atoms. The average Bonchev–Trinajstić information content (AvgIpc) is 2.20. The number of hydrogen-bond acceptors (Lipinski definition) is 5. The van der Waals surface area contributed by atoms with Gasteiger partial charge in [-0.15, -0.1) is 0 Å². The van der Waals surface area contributed by atoms with E-state index in [1.54, 1.807) is 6.07 Å². The molecule has 2 atom stereocenters. The second-order valence-electron chi connectivity index (χ2n) is 4.04. The van der Waals surface area contributed by atoms with E-state index in [-0.39, 0.29) is 18.1 Å². The third-order valence-electron chi connectivity index (χ3n) is 2.77. The van der Waals surface area contributed by atoms with Crippen molar-refractivity contribution in [1.82, 2.24) is 9.97 Å². The minimum Gasteiger partial charge on any atom is -0.391 e. The molecule has 0 unspecified atom stereocenters. The molecule has 0 aliphatic heterocycles. The number of aliphatic hydroxyl groups excluding tert-OH is 1. The van der Waals surface area contributed by atoms with Gasteiger partial charge in [0.15, 0.2) is 0 Å². The summed E-state index contributed by atoms with van der Waals surface area (Å²) in [6.07, 6.45) is 3.62. The molecular weight excluding hydrogens is 228 g/mol. The minimum absolute atomic E-state index is 0.0270. The van der Waals surface area contributed by atoms with E-state index in [2.05, 4.69) is 15.3 Å². The molecule has 1 saturated carbocycles. The molecule has 0 aromatic carbocycles. The van der Waals surface area contributed by atoms with Crippen molar-refractivity contribution < 1.29 is 5.11 Å². The van der Waals surface area contributed by atoms with E-state index in [0.29, 0.717) is 11.0 Å². The number of aromatic nitrogens is 2. The van der Waals surface area contributed by atoms with Crippen LogP contribution in [0.25, 0.3) is 0 Å². The van der Waals surface area contributed by atoms with E-state index in [4.69, 9.17) is 17.3 Å². The highest BCUT2D eigenvalue weighted by atomic mass is 35.5. The number of hydrogen-bond donors (Lipinski definition) is 3. The second-order valence-corrected chi connectivity index (χ2v) is 4.42. The van der Waals surface area contributed by atoms with Gasteiger partial charge in [-0.25, -0.2) is 4.98 Å². The number of halogens is 1. The van der Waals surface area contributed by atoms with Crippen molar-refractivity contribution in [1.29, 1.82) is 0 Å². The first kappa shape index (κ1) is 11.4. The molecular formula is C10H15ClN4O. The largest absolute Gasteiger partial charge is 0.391 e. The summed E-state index contributed by atoms with van der Waals surface area (Å²) in [5.74, 6) is 0.712. The zero-order valence-corrected chi connectivity index (χ0v) is 9.61. The van der Waals surface area contributed by atoms with Crippen molar-refractivity contribution in [2.24, 2.45) is 0 Å². The molecule has 0 amide bonds. The van der Waals surface area contributed by atoms with Gasteiger partial charge in [0, 0.05) is 6.07 Å². The molecule has 1 heterocycles. The molecule has 4 N–H and O–H groups in total. The maximum absolute atomic E-state index is 9.80. The molecule has 0 radical (unpaired) electrons. The summed E-state index contributed by atoms with van der Waals surface area (Å²) in [6.45, 7) is 0. The van der Waals surface area contributed by atoms with Gasteiger partial charge in [-0.1, -0.05) is 24.4 Å². The fourth-order valence-electron chi connectivity index (χ4n) is 1.98. The summed E-state index contributed by atoms with van der Waals surface area (Å²) in [6, 6.07) is 1.64. The van der Waals surface area contributed by atoms with E-state index in [1.807, 2.05) is 0 Å². The first-order valence-corrected chi connectivity index (χ1v) is 5.77. The molecule has 6 heteroatoms. The fourth-order valence-corrected chi connectivity index (χ4v) is 2.17. The summed E-state index contributed by atoms with van der Waals surface area (Å²) in [5.41, 5.74) is 5.49. The molecule has 88 valence electrons. The van der Waals surface area contributed by atoms with Crippen LogP contribution in [0.2, 0.25) is 5.15 Å². The standard InChI is InChI=1S/C10H15ClN4O/c11-8-5-9(15-10(12)14-8)13-6-3-1-2-4-7(6)16/h5-7,16H,1-4H2,(H3,12,13,14,15)/t6-,7-/m0/s1. The number of nitrogens with one attached hydrogen (secondary N) is 1. The lowest BCUT2D eigenvalue weighted by atomic mass is 9.93. The normalized spacial score (nSPS) is 25.4. The van der Waals surface area contributed by atoms with E-state index < -0.39 is 0 Å². The van der Waals surface area contributed by atoms with Crippen LogP contribution in [0, 0.1) is 0 Å². The van der Waals surface area contributed by atoms with Crippen LogP contribution in [-0.4, -0.2) is 27.2 Å². The molecule has 0 spiro atoms. The quantitative estimate of drug-likeness (QED) is 0.684. The molecule has 1 aliphatic rings. The lowest BCUT2D eigenvalue weighted by Gasteiger charge is -2.28. The zero-order valence-electron chi connectivity index (χ0n) is 8.86. The number of nitrogens with two attached hydrogens (primary N) is 1. The van der Waals surface area contributed by atoms with Crippen LogP contribution in [0.3, 0.4) is 0 Å². The van der Waals surface area contributed by atoms with Crippen LogP contribution < -0.4 is 11.1 Å². The summed E-state index contributed by atoms with van der Waals surface area (Å²) in [5, 5.41) is 13.3. The fraction of sp³-hybridized carbons (Fsp3) is 0.600. The first-order chi connectivity index (χ1) is 7.65. The highest BCUT2D eigenvalue weighted by Crippen LogP contribution is 2.22. The highest BCUT2D eigenvalue weighted by molar-refractivity contribution is 6.29. The van der Waals surface area contributed by atoms with Crippen molar-refractivity contribution in [2.45, 2.75) is 37.8 Å². The monoisotopic (exact) mass is 242 g/mol. The van der Waals surface area contributed by atoms with Gasteiger partial charge in [-0.05, 0) is 12.8 Å². The van der Waals surface area contributed by atoms with Gasteiger partial charge >= 0.3 is 0 Å². The summed E-state index contributed by atoms with van der Waals surface area (Å²) < 4.78 is 0. The lowest BCUT2D eigenvalue weighted by molar-refractivity contribution is 0.116. The number of nitrogens with zero attached hydrogens (tertiary/aromatic N) is 2. The van der Waals surface area contributed by atoms with Gasteiger partial charge in [0.05, 0.1) is 12.1 Å². The Morgan fingerprint density at radius 1 is 1.38 bits per heavy atom. The van der Waals surface area contributed by atoms with Crippen molar-refractivity contribution >= 4 is 23.4 Å². The maximum Gasteiger partial charge on any atom is 0.223 e. The van der Waals surface area contributed by atoms with Gasteiger partial charge in [0.1, 0.15) is 11.0 Å². The Balaban J connectivity index is 2.07. The Hall–Kier alpha value is -1.07. The van der Waals surface area contributed by atoms with Gasteiger partial charge in [0.2, 0.25) is 5.95 Å². The Kier molecular flexibility index (Phi) is 3.46. The van der Waals surface area contributed by atoms with Crippen molar-refractivity contribution in [3.63, 3.8) is 0 Å². The van der Waals surface area contributed by atoms with Gasteiger partial charge in [-0.3, -0.25) is 0 Å². The van der Waals surface area contributed by atoms with Gasteiger partial charge < -0.3 is 16.2 Å². The van der Waals surface area contributed by atoms with Crippen LogP contribution in [0.1, 0.15) is 25.7 Å². The topological polar surface area (TPSA) is 84.1 Å². The van der Waals surface area contributed by atoms with Gasteiger partial charge in [-0.2, -0.15) is 4.98 Å². The predicted molar refractivity (Wildman–Crippen MR) is 63.3 cm³/mol. The maximum atomic E-state index is 9.80. The molecule has 16 heavy (non-hydrogen) atoms.